The number of nitrogens with two attached hydrogens (primary N) is 1. The van der Waals surface area contributed by atoms with Gasteiger partial charge in [0.15, 0.2) is 5.78 Å². The summed E-state index contributed by atoms with van der Waals surface area (Å²) >= 11 is 3.51. The number of nitrogens with one attached hydrogen (secondary N) is 1. The summed E-state index contributed by atoms with van der Waals surface area (Å²) in [5, 5.41) is 13.3. The zero-order valence-corrected chi connectivity index (χ0v) is 20.2. The molecule has 7 heteroatoms. The van der Waals surface area contributed by atoms with Gasteiger partial charge in [-0.25, -0.2) is 0 Å². The molecule has 0 fully saturated rings. The van der Waals surface area contributed by atoms with E-state index in [-0.39, 0.29) is 29.0 Å². The fourth-order valence-corrected chi connectivity index (χ4v) is 5.83. The molecule has 6 nitrogen and oxygen atoms in total. The number of rotatable bonds is 1. The first kappa shape index (κ1) is 21.5. The van der Waals surface area contributed by atoms with E-state index >= 15 is 0 Å². The molecule has 2 aromatic rings. The van der Waals surface area contributed by atoms with Crippen molar-refractivity contribution in [1.82, 2.24) is 0 Å². The van der Waals surface area contributed by atoms with Crippen LogP contribution in [0.15, 0.2) is 69.6 Å². The van der Waals surface area contributed by atoms with Crippen molar-refractivity contribution in [1.29, 1.82) is 5.26 Å². The van der Waals surface area contributed by atoms with E-state index in [0.29, 0.717) is 28.9 Å². The molecule has 2 aromatic carbocycles. The van der Waals surface area contributed by atoms with Crippen molar-refractivity contribution in [2.24, 2.45) is 11.1 Å². The van der Waals surface area contributed by atoms with Crippen LogP contribution in [0.1, 0.15) is 37.8 Å². The Morgan fingerprint density at radius 1 is 1.15 bits per heavy atom. The molecule has 0 saturated heterocycles. The van der Waals surface area contributed by atoms with Crippen molar-refractivity contribution in [3.63, 3.8) is 0 Å². The fraction of sp³-hybridized carbons (Fsp3) is 0.269. The largest absolute Gasteiger partial charge is 0.384 e. The van der Waals surface area contributed by atoms with E-state index in [1.807, 2.05) is 63.2 Å². The Balaban J connectivity index is 1.92. The van der Waals surface area contributed by atoms with Gasteiger partial charge < -0.3 is 11.1 Å². The highest BCUT2D eigenvalue weighted by Gasteiger charge is 2.61. The molecule has 1 atom stereocenters. The smallest absolute Gasteiger partial charge is 0.245 e. The lowest BCUT2D eigenvalue weighted by Gasteiger charge is -2.46. The monoisotopic (exact) mass is 502 g/mol. The Labute approximate surface area is 200 Å². The maximum atomic E-state index is 13.8. The van der Waals surface area contributed by atoms with Crippen LogP contribution in [0.2, 0.25) is 0 Å². The van der Waals surface area contributed by atoms with Gasteiger partial charge in [0, 0.05) is 39.1 Å². The molecule has 1 amide bonds. The topological polar surface area (TPSA) is 99.2 Å². The molecule has 0 aromatic heterocycles. The molecule has 0 bridgehead atoms. The van der Waals surface area contributed by atoms with Gasteiger partial charge in [0.1, 0.15) is 17.3 Å². The van der Waals surface area contributed by atoms with E-state index in [9.17, 15) is 14.9 Å². The van der Waals surface area contributed by atoms with E-state index in [4.69, 9.17) is 5.73 Å². The second-order valence-electron chi connectivity index (χ2n) is 9.70. The SMILES string of the molecule is Cc1ccc2c(c1)C1(C(=O)N2)C(C#N)=C(N)N(c2cccc(Br)c2)C2=C1C(=O)CC(C)(C)C2. The maximum absolute atomic E-state index is 13.8. The Morgan fingerprint density at radius 2 is 1.91 bits per heavy atom. The summed E-state index contributed by atoms with van der Waals surface area (Å²) in [6, 6.07) is 15.4. The zero-order valence-electron chi connectivity index (χ0n) is 18.6. The number of halogens is 1. The number of fused-ring (bicyclic) bond motifs is 3. The highest BCUT2D eigenvalue weighted by Crippen LogP contribution is 2.57. The second kappa shape index (κ2) is 7.06. The Bertz CT molecular complexity index is 1360. The first-order chi connectivity index (χ1) is 15.6. The number of allylic oxidation sites excluding steroid dienone is 1. The molecule has 0 radical (unpaired) electrons. The summed E-state index contributed by atoms with van der Waals surface area (Å²) in [6.45, 7) is 5.99. The van der Waals surface area contributed by atoms with Crippen LogP contribution in [0.4, 0.5) is 11.4 Å². The molecular formula is C26H23BrN4O2. The number of carbonyl (C=O) groups is 2. The average Bonchev–Trinajstić information content (AvgIpc) is 2.99. The number of benzene rings is 2. The predicted octanol–water partition coefficient (Wildman–Crippen LogP) is 4.80. The van der Waals surface area contributed by atoms with Crippen molar-refractivity contribution in [2.45, 2.75) is 39.0 Å². The molecule has 3 N–H and O–H groups in total. The minimum Gasteiger partial charge on any atom is -0.384 e. The van der Waals surface area contributed by atoms with Gasteiger partial charge in [0.05, 0.1) is 5.57 Å². The van der Waals surface area contributed by atoms with Crippen molar-refractivity contribution < 1.29 is 9.59 Å². The zero-order chi connectivity index (χ0) is 23.7. The van der Waals surface area contributed by atoms with E-state index in [0.717, 1.165) is 15.7 Å². The maximum Gasteiger partial charge on any atom is 0.245 e. The number of amides is 1. The molecule has 33 heavy (non-hydrogen) atoms. The lowest BCUT2D eigenvalue weighted by atomic mass is 9.60. The van der Waals surface area contributed by atoms with Crippen LogP contribution in [0.5, 0.6) is 0 Å². The molecule has 1 spiro atoms. The van der Waals surface area contributed by atoms with Gasteiger partial charge in [-0.05, 0) is 43.0 Å². The van der Waals surface area contributed by atoms with Crippen molar-refractivity contribution in [3.05, 3.63) is 80.7 Å². The first-order valence-electron chi connectivity index (χ1n) is 10.8. The Hall–Kier alpha value is -3.37. The van der Waals surface area contributed by atoms with Crippen LogP contribution in [0, 0.1) is 23.7 Å². The molecule has 2 heterocycles. The molecule has 2 aliphatic heterocycles. The fourth-order valence-electron chi connectivity index (χ4n) is 5.44. The third-order valence-electron chi connectivity index (χ3n) is 6.72. The average molecular weight is 503 g/mol. The van der Waals surface area contributed by atoms with E-state index in [2.05, 4.69) is 27.3 Å². The van der Waals surface area contributed by atoms with Crippen molar-refractivity contribution in [3.8, 4) is 6.07 Å². The number of hydrogen-bond donors (Lipinski definition) is 2. The van der Waals surface area contributed by atoms with E-state index < -0.39 is 11.3 Å². The van der Waals surface area contributed by atoms with Gasteiger partial charge in [-0.2, -0.15) is 5.26 Å². The minimum absolute atomic E-state index is 0.0798. The molecule has 1 unspecified atom stereocenters. The van der Waals surface area contributed by atoms with Gasteiger partial charge >= 0.3 is 0 Å². The number of nitrogens with zero attached hydrogens (tertiary/aromatic N) is 2. The molecule has 0 saturated carbocycles. The molecule has 3 aliphatic rings. The quantitative estimate of drug-likeness (QED) is 0.582. The number of hydrogen-bond acceptors (Lipinski definition) is 5. The number of ketones is 1. The third kappa shape index (κ3) is 2.90. The van der Waals surface area contributed by atoms with Gasteiger partial charge in [-0.15, -0.1) is 0 Å². The minimum atomic E-state index is -1.55. The number of Topliss-reactive ketones (excluding diaryl/α,β-unsaturated/α-hetero) is 1. The second-order valence-corrected chi connectivity index (χ2v) is 10.6. The lowest BCUT2D eigenvalue weighted by molar-refractivity contribution is -0.123. The van der Waals surface area contributed by atoms with Crippen LogP contribution in [0.3, 0.4) is 0 Å². The van der Waals surface area contributed by atoms with Crippen LogP contribution in [-0.2, 0) is 15.0 Å². The summed E-state index contributed by atoms with van der Waals surface area (Å²) in [5.41, 5.74) is 8.82. The summed E-state index contributed by atoms with van der Waals surface area (Å²) in [5.74, 6) is -0.368. The highest BCUT2D eigenvalue weighted by molar-refractivity contribution is 9.10. The highest BCUT2D eigenvalue weighted by atomic mass is 79.9. The first-order valence-corrected chi connectivity index (χ1v) is 11.5. The molecule has 5 rings (SSSR count). The van der Waals surface area contributed by atoms with E-state index in [1.165, 1.54) is 0 Å². The van der Waals surface area contributed by atoms with Crippen molar-refractivity contribution in [2.75, 3.05) is 10.2 Å². The lowest BCUT2D eigenvalue weighted by Crippen LogP contribution is -2.52. The normalized spacial score (nSPS) is 23.4. The van der Waals surface area contributed by atoms with Crippen LogP contribution < -0.4 is 16.0 Å². The van der Waals surface area contributed by atoms with Crippen LogP contribution >= 0.6 is 15.9 Å². The summed E-state index contributed by atoms with van der Waals surface area (Å²) in [4.78, 5) is 29.3. The summed E-state index contributed by atoms with van der Waals surface area (Å²) < 4.78 is 0.842. The van der Waals surface area contributed by atoms with Crippen molar-refractivity contribution >= 4 is 39.0 Å². The van der Waals surface area contributed by atoms with Gasteiger partial charge in [-0.1, -0.05) is 53.5 Å². The number of nitriles is 1. The van der Waals surface area contributed by atoms with Crippen LogP contribution in [0.25, 0.3) is 0 Å². The van der Waals surface area contributed by atoms with Gasteiger partial charge in [0.25, 0.3) is 0 Å². The number of carbonyl (C=O) groups excluding carboxylic acids is 2. The molecular weight excluding hydrogens is 480 g/mol. The summed E-state index contributed by atoms with van der Waals surface area (Å²) in [6.07, 6.45) is 0.823. The molecule has 166 valence electrons. The number of anilines is 2. The predicted molar refractivity (Wildman–Crippen MR) is 130 cm³/mol. The standard InChI is InChI=1S/C26H23BrN4O2/c1-14-7-8-19-17(9-14)26(24(33)30-19)18(13-28)23(29)31(16-6-4-5-15(27)10-16)20-11-25(2,3)12-21(32)22(20)26/h4-10H,11-12,29H2,1-3H3,(H,30,33). The van der Waals surface area contributed by atoms with Crippen LogP contribution in [-0.4, -0.2) is 11.7 Å². The molecule has 1 aliphatic carbocycles. The number of aryl methyl sites for hydroxylation is 1. The Morgan fingerprint density at radius 3 is 2.61 bits per heavy atom. The van der Waals surface area contributed by atoms with Gasteiger partial charge in [0.2, 0.25) is 5.91 Å². The van der Waals surface area contributed by atoms with Gasteiger partial charge in [-0.3, -0.25) is 14.5 Å². The third-order valence-corrected chi connectivity index (χ3v) is 7.21. The summed E-state index contributed by atoms with van der Waals surface area (Å²) in [7, 11) is 0. The Kier molecular flexibility index (Phi) is 4.60. The van der Waals surface area contributed by atoms with E-state index in [1.54, 1.807) is 4.90 Å².